The van der Waals surface area contributed by atoms with Crippen molar-refractivity contribution < 1.29 is 0 Å². The minimum atomic E-state index is 0.895. The van der Waals surface area contributed by atoms with Crippen LogP contribution in [0.2, 0.25) is 0 Å². The fourth-order valence-corrected chi connectivity index (χ4v) is 1.68. The molecule has 2 aromatic rings. The zero-order valence-electron chi connectivity index (χ0n) is 9.07. The van der Waals surface area contributed by atoms with Gasteiger partial charge in [0.2, 0.25) is 0 Å². The van der Waals surface area contributed by atoms with Crippen LogP contribution in [-0.4, -0.2) is 16.6 Å². The predicted octanol–water partition coefficient (Wildman–Crippen LogP) is 1.81. The number of nitrogens with one attached hydrogen (secondary N) is 1. The van der Waals surface area contributed by atoms with E-state index in [0.29, 0.717) is 0 Å². The zero-order chi connectivity index (χ0) is 10.7. The molecule has 0 unspecified atom stereocenters. The quantitative estimate of drug-likeness (QED) is 0.820. The van der Waals surface area contributed by atoms with Gasteiger partial charge in [-0.1, -0.05) is 18.2 Å². The molecule has 0 aliphatic carbocycles. The fourth-order valence-electron chi connectivity index (χ4n) is 1.68. The zero-order valence-corrected chi connectivity index (χ0v) is 9.07. The standard InChI is InChI=1S/C12H15N3/c1-13-7-10-4-3-5-11(6-10)12-8-14-9-15(12)2/h3-6,8-9,13H,7H2,1-2H3. The molecule has 1 N–H and O–H groups in total. The molecule has 3 nitrogen and oxygen atoms in total. The average molecular weight is 201 g/mol. The molecular weight excluding hydrogens is 186 g/mol. The van der Waals surface area contributed by atoms with Crippen LogP contribution in [0, 0.1) is 0 Å². The Morgan fingerprint density at radius 3 is 2.93 bits per heavy atom. The van der Waals surface area contributed by atoms with E-state index in [4.69, 9.17) is 0 Å². The first-order valence-electron chi connectivity index (χ1n) is 5.01. The van der Waals surface area contributed by atoms with Crippen LogP contribution < -0.4 is 5.32 Å². The van der Waals surface area contributed by atoms with Crippen molar-refractivity contribution in [1.82, 2.24) is 14.9 Å². The van der Waals surface area contributed by atoms with Gasteiger partial charge in [-0.15, -0.1) is 0 Å². The van der Waals surface area contributed by atoms with E-state index in [1.165, 1.54) is 11.1 Å². The van der Waals surface area contributed by atoms with E-state index < -0.39 is 0 Å². The van der Waals surface area contributed by atoms with Crippen molar-refractivity contribution in [2.75, 3.05) is 7.05 Å². The fraction of sp³-hybridized carbons (Fsp3) is 0.250. The van der Waals surface area contributed by atoms with Crippen LogP contribution in [-0.2, 0) is 13.6 Å². The van der Waals surface area contributed by atoms with Crippen LogP contribution in [0.25, 0.3) is 11.3 Å². The normalized spacial score (nSPS) is 10.5. The van der Waals surface area contributed by atoms with Gasteiger partial charge in [-0.25, -0.2) is 4.98 Å². The van der Waals surface area contributed by atoms with Gasteiger partial charge in [-0.3, -0.25) is 0 Å². The highest BCUT2D eigenvalue weighted by Gasteiger charge is 2.02. The van der Waals surface area contributed by atoms with Crippen molar-refractivity contribution in [3.8, 4) is 11.3 Å². The summed E-state index contributed by atoms with van der Waals surface area (Å²) < 4.78 is 2.03. The molecule has 0 radical (unpaired) electrons. The predicted molar refractivity (Wildman–Crippen MR) is 61.4 cm³/mol. The van der Waals surface area contributed by atoms with Gasteiger partial charge in [-0.2, -0.15) is 0 Å². The van der Waals surface area contributed by atoms with Crippen LogP contribution in [0.4, 0.5) is 0 Å². The molecule has 0 aliphatic heterocycles. The molecule has 0 amide bonds. The number of rotatable bonds is 3. The number of imidazole rings is 1. The topological polar surface area (TPSA) is 29.9 Å². The number of aromatic nitrogens is 2. The molecule has 3 heteroatoms. The lowest BCUT2D eigenvalue weighted by molar-refractivity contribution is 0.818. The second-order valence-corrected chi connectivity index (χ2v) is 3.62. The van der Waals surface area contributed by atoms with Crippen LogP contribution in [0.3, 0.4) is 0 Å². The van der Waals surface area contributed by atoms with E-state index in [0.717, 1.165) is 12.2 Å². The number of nitrogens with zero attached hydrogens (tertiary/aromatic N) is 2. The molecule has 2 rings (SSSR count). The Labute approximate surface area is 89.8 Å². The van der Waals surface area contributed by atoms with Crippen molar-refractivity contribution in [3.63, 3.8) is 0 Å². The van der Waals surface area contributed by atoms with Gasteiger partial charge < -0.3 is 9.88 Å². The summed E-state index contributed by atoms with van der Waals surface area (Å²) in [6.07, 6.45) is 3.71. The van der Waals surface area contributed by atoms with Gasteiger partial charge in [0.15, 0.2) is 0 Å². The molecule has 0 saturated heterocycles. The minimum absolute atomic E-state index is 0.895. The summed E-state index contributed by atoms with van der Waals surface area (Å²) in [7, 11) is 3.96. The van der Waals surface area contributed by atoms with E-state index in [-0.39, 0.29) is 0 Å². The summed E-state index contributed by atoms with van der Waals surface area (Å²) in [6, 6.07) is 8.50. The van der Waals surface area contributed by atoms with E-state index in [9.17, 15) is 0 Å². The maximum atomic E-state index is 4.12. The maximum absolute atomic E-state index is 4.12. The van der Waals surface area contributed by atoms with E-state index in [2.05, 4.69) is 34.6 Å². The summed E-state index contributed by atoms with van der Waals surface area (Å²) in [5.41, 5.74) is 3.65. The molecule has 0 saturated carbocycles. The first kappa shape index (κ1) is 9.93. The van der Waals surface area contributed by atoms with E-state index >= 15 is 0 Å². The van der Waals surface area contributed by atoms with Gasteiger partial charge in [0, 0.05) is 19.2 Å². The van der Waals surface area contributed by atoms with Gasteiger partial charge in [0.25, 0.3) is 0 Å². The first-order valence-corrected chi connectivity index (χ1v) is 5.01. The smallest absolute Gasteiger partial charge is 0.0948 e. The number of aryl methyl sites for hydroxylation is 1. The Balaban J connectivity index is 2.37. The third kappa shape index (κ3) is 2.07. The van der Waals surface area contributed by atoms with Crippen LogP contribution in [0.15, 0.2) is 36.8 Å². The lowest BCUT2D eigenvalue weighted by Gasteiger charge is -2.05. The highest BCUT2D eigenvalue weighted by molar-refractivity contribution is 5.59. The summed E-state index contributed by atoms with van der Waals surface area (Å²) in [6.45, 7) is 0.895. The van der Waals surface area contributed by atoms with Gasteiger partial charge in [0.05, 0.1) is 18.2 Å². The van der Waals surface area contributed by atoms with Gasteiger partial charge in [-0.05, 0) is 18.7 Å². The molecule has 0 bridgehead atoms. The Morgan fingerprint density at radius 1 is 1.40 bits per heavy atom. The van der Waals surface area contributed by atoms with Crippen molar-refractivity contribution in [3.05, 3.63) is 42.4 Å². The molecule has 0 atom stereocenters. The summed E-state index contributed by atoms with van der Waals surface area (Å²) in [5.74, 6) is 0. The summed E-state index contributed by atoms with van der Waals surface area (Å²) in [4.78, 5) is 4.12. The van der Waals surface area contributed by atoms with Crippen molar-refractivity contribution in [2.45, 2.75) is 6.54 Å². The monoisotopic (exact) mass is 201 g/mol. The van der Waals surface area contributed by atoms with Crippen LogP contribution in [0.5, 0.6) is 0 Å². The highest BCUT2D eigenvalue weighted by Crippen LogP contribution is 2.19. The Kier molecular flexibility index (Phi) is 2.83. The summed E-state index contributed by atoms with van der Waals surface area (Å²) in [5, 5.41) is 3.15. The first-order chi connectivity index (χ1) is 7.31. The second kappa shape index (κ2) is 4.28. The molecule has 0 fully saturated rings. The minimum Gasteiger partial charge on any atom is -0.334 e. The Hall–Kier alpha value is -1.61. The maximum Gasteiger partial charge on any atom is 0.0948 e. The number of benzene rings is 1. The molecule has 0 aliphatic rings. The molecular formula is C12H15N3. The van der Waals surface area contributed by atoms with Crippen LogP contribution >= 0.6 is 0 Å². The third-order valence-corrected chi connectivity index (χ3v) is 2.42. The van der Waals surface area contributed by atoms with Gasteiger partial charge in [0.1, 0.15) is 0 Å². The van der Waals surface area contributed by atoms with E-state index in [1.807, 2.05) is 31.2 Å². The van der Waals surface area contributed by atoms with E-state index in [1.54, 1.807) is 0 Å². The molecule has 1 aromatic carbocycles. The van der Waals surface area contributed by atoms with Crippen LogP contribution in [0.1, 0.15) is 5.56 Å². The number of hydrogen-bond acceptors (Lipinski definition) is 2. The molecule has 0 spiro atoms. The average Bonchev–Trinajstić information content (AvgIpc) is 2.65. The largest absolute Gasteiger partial charge is 0.334 e. The Morgan fingerprint density at radius 2 is 2.27 bits per heavy atom. The number of hydrogen-bond donors (Lipinski definition) is 1. The second-order valence-electron chi connectivity index (χ2n) is 3.62. The molecule has 1 aromatic heterocycles. The van der Waals surface area contributed by atoms with Gasteiger partial charge >= 0.3 is 0 Å². The molecule has 1 heterocycles. The lowest BCUT2D eigenvalue weighted by Crippen LogP contribution is -2.04. The SMILES string of the molecule is CNCc1cccc(-c2cncn2C)c1. The molecule has 78 valence electrons. The molecule has 15 heavy (non-hydrogen) atoms. The summed E-state index contributed by atoms with van der Waals surface area (Å²) >= 11 is 0. The highest BCUT2D eigenvalue weighted by atomic mass is 15.0. The van der Waals surface area contributed by atoms with Crippen molar-refractivity contribution >= 4 is 0 Å². The lowest BCUT2D eigenvalue weighted by atomic mass is 10.1. The third-order valence-electron chi connectivity index (χ3n) is 2.42. The van der Waals surface area contributed by atoms with Crippen molar-refractivity contribution in [2.24, 2.45) is 7.05 Å². The van der Waals surface area contributed by atoms with Crippen molar-refractivity contribution in [1.29, 1.82) is 0 Å². The Bertz CT molecular complexity index is 446.